The minimum atomic E-state index is -0.0507. The molecular formula is C15H17BrN2OS. The quantitative estimate of drug-likeness (QED) is 0.841. The molecule has 1 aromatic carbocycles. The normalized spacial score (nSPS) is 12.2. The number of thiophene rings is 1. The van der Waals surface area contributed by atoms with E-state index < -0.39 is 0 Å². The Labute approximate surface area is 131 Å². The third kappa shape index (κ3) is 4.16. The molecule has 0 fully saturated rings. The van der Waals surface area contributed by atoms with E-state index in [0.29, 0.717) is 0 Å². The summed E-state index contributed by atoms with van der Waals surface area (Å²) in [6, 6.07) is 10.2. The van der Waals surface area contributed by atoms with Crippen LogP contribution in [0.1, 0.15) is 30.3 Å². The molecule has 1 heterocycles. The Morgan fingerprint density at radius 1 is 1.40 bits per heavy atom. The lowest BCUT2D eigenvalue weighted by molar-refractivity contribution is -0.114. The Kier molecular flexibility index (Phi) is 5.34. The molecule has 0 spiro atoms. The van der Waals surface area contributed by atoms with Gasteiger partial charge < -0.3 is 10.6 Å². The molecule has 0 radical (unpaired) electrons. The highest BCUT2D eigenvalue weighted by Crippen LogP contribution is 2.24. The average Bonchev–Trinajstić information content (AvgIpc) is 2.81. The van der Waals surface area contributed by atoms with Gasteiger partial charge in [-0.3, -0.25) is 4.79 Å². The standard InChI is InChI=1S/C15H17BrN2OS/c1-10(17-9-15-14(16)6-7-20-15)12-4-3-5-13(8-12)18-11(2)19/h3-8,10,17H,9H2,1-2H3,(H,18,19). The summed E-state index contributed by atoms with van der Waals surface area (Å²) < 4.78 is 1.15. The van der Waals surface area contributed by atoms with Gasteiger partial charge in [-0.2, -0.15) is 0 Å². The number of benzene rings is 1. The van der Waals surface area contributed by atoms with Crippen LogP contribution in [0.3, 0.4) is 0 Å². The molecule has 0 saturated carbocycles. The maximum absolute atomic E-state index is 11.1. The first-order valence-corrected chi connectivity index (χ1v) is 8.06. The van der Waals surface area contributed by atoms with E-state index in [1.807, 2.05) is 18.2 Å². The molecule has 2 aromatic rings. The maximum atomic E-state index is 11.1. The number of nitrogens with one attached hydrogen (secondary N) is 2. The second kappa shape index (κ2) is 7.02. The van der Waals surface area contributed by atoms with Crippen LogP contribution in [-0.2, 0) is 11.3 Å². The summed E-state index contributed by atoms with van der Waals surface area (Å²) in [6.45, 7) is 4.46. The average molecular weight is 353 g/mol. The smallest absolute Gasteiger partial charge is 0.221 e. The lowest BCUT2D eigenvalue weighted by atomic mass is 10.1. The van der Waals surface area contributed by atoms with Gasteiger partial charge in [0.05, 0.1) is 0 Å². The van der Waals surface area contributed by atoms with Crippen LogP contribution in [-0.4, -0.2) is 5.91 Å². The fourth-order valence-electron chi connectivity index (χ4n) is 1.90. The minimum absolute atomic E-state index is 0.0507. The largest absolute Gasteiger partial charge is 0.326 e. The van der Waals surface area contributed by atoms with Gasteiger partial charge >= 0.3 is 0 Å². The SMILES string of the molecule is CC(=O)Nc1cccc(C(C)NCc2sccc2Br)c1. The fraction of sp³-hybridized carbons (Fsp3) is 0.267. The van der Waals surface area contributed by atoms with Crippen LogP contribution in [0.15, 0.2) is 40.2 Å². The number of rotatable bonds is 5. The van der Waals surface area contributed by atoms with Gasteiger partial charge in [-0.15, -0.1) is 11.3 Å². The zero-order chi connectivity index (χ0) is 14.5. The zero-order valence-electron chi connectivity index (χ0n) is 11.4. The van der Waals surface area contributed by atoms with Gasteiger partial charge in [0.1, 0.15) is 0 Å². The molecule has 1 amide bonds. The van der Waals surface area contributed by atoms with E-state index in [9.17, 15) is 4.79 Å². The second-order valence-corrected chi connectivity index (χ2v) is 6.46. The van der Waals surface area contributed by atoms with Crippen LogP contribution in [0, 0.1) is 0 Å². The lowest BCUT2D eigenvalue weighted by Gasteiger charge is -2.15. The van der Waals surface area contributed by atoms with Crippen molar-refractivity contribution in [3.63, 3.8) is 0 Å². The molecule has 2 rings (SSSR count). The number of anilines is 1. The maximum Gasteiger partial charge on any atom is 0.221 e. The zero-order valence-corrected chi connectivity index (χ0v) is 13.8. The van der Waals surface area contributed by atoms with Gasteiger partial charge in [0.15, 0.2) is 0 Å². The summed E-state index contributed by atoms with van der Waals surface area (Å²) in [4.78, 5) is 12.4. The number of halogens is 1. The van der Waals surface area contributed by atoms with Crippen molar-refractivity contribution in [1.82, 2.24) is 5.32 Å². The van der Waals surface area contributed by atoms with Crippen molar-refractivity contribution in [2.24, 2.45) is 0 Å². The van der Waals surface area contributed by atoms with Crippen molar-refractivity contribution in [1.29, 1.82) is 0 Å². The summed E-state index contributed by atoms with van der Waals surface area (Å²) in [5.74, 6) is -0.0507. The first kappa shape index (κ1) is 15.2. The highest BCUT2D eigenvalue weighted by atomic mass is 79.9. The molecule has 0 saturated heterocycles. The van der Waals surface area contributed by atoms with Crippen molar-refractivity contribution in [2.45, 2.75) is 26.4 Å². The first-order valence-electron chi connectivity index (χ1n) is 6.39. The Morgan fingerprint density at radius 3 is 2.85 bits per heavy atom. The molecule has 106 valence electrons. The summed E-state index contributed by atoms with van der Waals surface area (Å²) in [7, 11) is 0. The van der Waals surface area contributed by atoms with E-state index >= 15 is 0 Å². The Balaban J connectivity index is 2.00. The van der Waals surface area contributed by atoms with Gasteiger partial charge in [-0.05, 0) is 52.0 Å². The summed E-state index contributed by atoms with van der Waals surface area (Å²) in [5, 5.41) is 8.37. The van der Waals surface area contributed by atoms with Gasteiger partial charge in [-0.25, -0.2) is 0 Å². The molecule has 1 aromatic heterocycles. The number of hydrogen-bond donors (Lipinski definition) is 2. The minimum Gasteiger partial charge on any atom is -0.326 e. The second-order valence-electron chi connectivity index (χ2n) is 4.60. The third-order valence-electron chi connectivity index (χ3n) is 2.97. The van der Waals surface area contributed by atoms with Crippen LogP contribution in [0.2, 0.25) is 0 Å². The number of amides is 1. The van der Waals surface area contributed by atoms with Crippen molar-refractivity contribution < 1.29 is 4.79 Å². The molecule has 20 heavy (non-hydrogen) atoms. The summed E-state index contributed by atoms with van der Waals surface area (Å²) in [6.07, 6.45) is 0. The monoisotopic (exact) mass is 352 g/mol. The van der Waals surface area contributed by atoms with E-state index in [-0.39, 0.29) is 11.9 Å². The van der Waals surface area contributed by atoms with Crippen LogP contribution in [0.4, 0.5) is 5.69 Å². The highest BCUT2D eigenvalue weighted by molar-refractivity contribution is 9.10. The molecule has 5 heteroatoms. The molecular weight excluding hydrogens is 336 g/mol. The number of hydrogen-bond acceptors (Lipinski definition) is 3. The fourth-order valence-corrected chi connectivity index (χ4v) is 3.35. The molecule has 0 aliphatic rings. The van der Waals surface area contributed by atoms with E-state index in [2.05, 4.69) is 51.0 Å². The predicted molar refractivity (Wildman–Crippen MR) is 88.0 cm³/mol. The Hall–Kier alpha value is -1.17. The number of carbonyl (C=O) groups is 1. The van der Waals surface area contributed by atoms with Crippen molar-refractivity contribution in [3.8, 4) is 0 Å². The molecule has 2 N–H and O–H groups in total. The molecule has 0 aliphatic heterocycles. The van der Waals surface area contributed by atoms with E-state index in [0.717, 1.165) is 22.3 Å². The molecule has 1 unspecified atom stereocenters. The lowest BCUT2D eigenvalue weighted by Crippen LogP contribution is -2.18. The van der Waals surface area contributed by atoms with Crippen LogP contribution >= 0.6 is 27.3 Å². The first-order chi connectivity index (χ1) is 9.56. The Morgan fingerprint density at radius 2 is 2.20 bits per heavy atom. The molecule has 0 bridgehead atoms. The van der Waals surface area contributed by atoms with Crippen molar-refractivity contribution >= 4 is 38.9 Å². The van der Waals surface area contributed by atoms with Gasteiger partial charge in [-0.1, -0.05) is 12.1 Å². The van der Waals surface area contributed by atoms with Gasteiger partial charge in [0, 0.05) is 34.5 Å². The van der Waals surface area contributed by atoms with E-state index in [4.69, 9.17) is 0 Å². The van der Waals surface area contributed by atoms with Crippen molar-refractivity contribution in [2.75, 3.05) is 5.32 Å². The molecule has 0 aliphatic carbocycles. The van der Waals surface area contributed by atoms with Crippen LogP contribution < -0.4 is 10.6 Å². The third-order valence-corrected chi connectivity index (χ3v) is 4.89. The molecule has 1 atom stereocenters. The topological polar surface area (TPSA) is 41.1 Å². The van der Waals surface area contributed by atoms with Gasteiger partial charge in [0.25, 0.3) is 0 Å². The summed E-state index contributed by atoms with van der Waals surface area (Å²) in [5.41, 5.74) is 1.99. The van der Waals surface area contributed by atoms with E-state index in [1.165, 1.54) is 11.8 Å². The van der Waals surface area contributed by atoms with Crippen LogP contribution in [0.25, 0.3) is 0 Å². The van der Waals surface area contributed by atoms with Crippen LogP contribution in [0.5, 0.6) is 0 Å². The highest BCUT2D eigenvalue weighted by Gasteiger charge is 2.08. The number of carbonyl (C=O) groups excluding carboxylic acids is 1. The summed E-state index contributed by atoms with van der Waals surface area (Å²) >= 11 is 5.27. The van der Waals surface area contributed by atoms with Gasteiger partial charge in [0.2, 0.25) is 5.91 Å². The molecule has 3 nitrogen and oxygen atoms in total. The van der Waals surface area contributed by atoms with E-state index in [1.54, 1.807) is 11.3 Å². The Bertz CT molecular complexity index is 597. The van der Waals surface area contributed by atoms with Crippen molar-refractivity contribution in [3.05, 3.63) is 50.6 Å². The predicted octanol–water partition coefficient (Wildman–Crippen LogP) is 4.32.